The summed E-state index contributed by atoms with van der Waals surface area (Å²) in [5.41, 5.74) is 1.11. The number of thiazole rings is 1. The quantitative estimate of drug-likeness (QED) is 0.801. The van der Waals surface area contributed by atoms with E-state index in [1.54, 1.807) is 11.3 Å². The van der Waals surface area contributed by atoms with E-state index in [2.05, 4.69) is 52.0 Å². The topological polar surface area (TPSA) is 25.4 Å². The molecule has 1 aliphatic heterocycles. The van der Waals surface area contributed by atoms with Gasteiger partial charge in [-0.05, 0) is 20.8 Å². The highest BCUT2D eigenvalue weighted by atomic mass is 79.9. The molecule has 2 rings (SSSR count). The molecule has 1 fully saturated rings. The number of halogens is 1. The van der Waals surface area contributed by atoms with Crippen LogP contribution >= 0.6 is 27.3 Å². The van der Waals surface area contributed by atoms with E-state index < -0.39 is 0 Å². The Morgan fingerprint density at radius 2 is 2.41 bits per heavy atom. The van der Waals surface area contributed by atoms with E-state index in [4.69, 9.17) is 4.74 Å². The van der Waals surface area contributed by atoms with E-state index in [-0.39, 0.29) is 11.7 Å². The van der Waals surface area contributed by atoms with Crippen molar-refractivity contribution >= 4 is 27.3 Å². The number of hydrogen-bond acceptors (Lipinski definition) is 4. The average molecular weight is 319 g/mol. The molecule has 0 bridgehead atoms. The SMILES string of the molecule is Cc1nc(CN2CC(CBr)OC(C)(C)C2)cs1. The predicted molar refractivity (Wildman–Crippen MR) is 74.9 cm³/mol. The minimum atomic E-state index is -0.0677. The summed E-state index contributed by atoms with van der Waals surface area (Å²) in [6.07, 6.45) is 0.276. The molecule has 0 aromatic carbocycles. The average Bonchev–Trinajstić information content (AvgIpc) is 2.61. The van der Waals surface area contributed by atoms with Crippen molar-refractivity contribution in [2.24, 2.45) is 0 Å². The van der Waals surface area contributed by atoms with Gasteiger partial charge in [0.25, 0.3) is 0 Å². The highest BCUT2D eigenvalue weighted by Gasteiger charge is 2.32. The molecule has 0 N–H and O–H groups in total. The standard InChI is InChI=1S/C12H19BrN2OS/c1-9-14-10(7-17-9)5-15-6-11(4-13)16-12(2,3)8-15/h7,11H,4-6,8H2,1-3H3. The number of hydrogen-bond donors (Lipinski definition) is 0. The van der Waals surface area contributed by atoms with Crippen LogP contribution in [0.4, 0.5) is 0 Å². The van der Waals surface area contributed by atoms with Gasteiger partial charge in [0, 0.05) is 30.3 Å². The molecule has 2 heterocycles. The van der Waals surface area contributed by atoms with Crippen LogP contribution in [0.25, 0.3) is 0 Å². The van der Waals surface area contributed by atoms with Crippen LogP contribution in [0.3, 0.4) is 0 Å². The highest BCUT2D eigenvalue weighted by Crippen LogP contribution is 2.23. The largest absolute Gasteiger partial charge is 0.369 e. The van der Waals surface area contributed by atoms with Gasteiger partial charge in [0.15, 0.2) is 0 Å². The van der Waals surface area contributed by atoms with Crippen LogP contribution in [0.2, 0.25) is 0 Å². The predicted octanol–water partition coefficient (Wildman–Crippen LogP) is 2.83. The molecule has 0 amide bonds. The molecule has 96 valence electrons. The first-order valence-corrected chi connectivity index (χ1v) is 7.86. The lowest BCUT2D eigenvalue weighted by atomic mass is 10.1. The third-order valence-corrected chi connectivity index (χ3v) is 4.32. The van der Waals surface area contributed by atoms with Crippen LogP contribution in [0.15, 0.2) is 5.38 Å². The monoisotopic (exact) mass is 318 g/mol. The summed E-state index contributed by atoms with van der Waals surface area (Å²) in [6, 6.07) is 0. The molecule has 1 aliphatic rings. The second-order valence-electron chi connectivity index (χ2n) is 5.18. The molecule has 0 saturated carbocycles. The Balaban J connectivity index is 2.00. The van der Waals surface area contributed by atoms with Crippen molar-refractivity contribution in [2.75, 3.05) is 18.4 Å². The maximum absolute atomic E-state index is 5.99. The van der Waals surface area contributed by atoms with Gasteiger partial charge in [0.2, 0.25) is 0 Å². The smallest absolute Gasteiger partial charge is 0.0897 e. The number of aryl methyl sites for hydroxylation is 1. The van der Waals surface area contributed by atoms with Crippen molar-refractivity contribution in [3.63, 3.8) is 0 Å². The van der Waals surface area contributed by atoms with Gasteiger partial charge < -0.3 is 4.74 Å². The van der Waals surface area contributed by atoms with E-state index >= 15 is 0 Å². The third kappa shape index (κ3) is 3.74. The van der Waals surface area contributed by atoms with Gasteiger partial charge in [0.05, 0.1) is 22.4 Å². The Hall–Kier alpha value is 0.0300. The highest BCUT2D eigenvalue weighted by molar-refractivity contribution is 9.09. The Morgan fingerprint density at radius 1 is 1.65 bits per heavy atom. The Labute approximate surface area is 115 Å². The molecule has 3 nitrogen and oxygen atoms in total. The summed E-state index contributed by atoms with van der Waals surface area (Å²) in [5, 5.41) is 4.19. The number of alkyl halides is 1. The van der Waals surface area contributed by atoms with Crippen LogP contribution < -0.4 is 0 Å². The molecule has 1 saturated heterocycles. The zero-order valence-corrected chi connectivity index (χ0v) is 13.0. The molecule has 1 atom stereocenters. The lowest BCUT2D eigenvalue weighted by Gasteiger charge is -2.42. The lowest BCUT2D eigenvalue weighted by Crippen LogP contribution is -2.52. The fraction of sp³-hybridized carbons (Fsp3) is 0.750. The van der Waals surface area contributed by atoms with Crippen LogP contribution in [0.5, 0.6) is 0 Å². The van der Waals surface area contributed by atoms with Gasteiger partial charge in [-0.2, -0.15) is 0 Å². The molecular formula is C12H19BrN2OS. The van der Waals surface area contributed by atoms with Crippen LogP contribution in [-0.2, 0) is 11.3 Å². The van der Waals surface area contributed by atoms with Crippen molar-refractivity contribution in [3.05, 3.63) is 16.1 Å². The molecule has 5 heteroatoms. The van der Waals surface area contributed by atoms with E-state index in [0.29, 0.717) is 0 Å². The van der Waals surface area contributed by atoms with E-state index in [1.165, 1.54) is 5.69 Å². The Morgan fingerprint density at radius 3 is 3.00 bits per heavy atom. The summed E-state index contributed by atoms with van der Waals surface area (Å²) in [7, 11) is 0. The summed E-state index contributed by atoms with van der Waals surface area (Å²) < 4.78 is 5.99. The Bertz CT molecular complexity index is 380. The summed E-state index contributed by atoms with van der Waals surface area (Å²) >= 11 is 5.24. The van der Waals surface area contributed by atoms with Gasteiger partial charge in [-0.1, -0.05) is 15.9 Å². The van der Waals surface area contributed by atoms with Crippen molar-refractivity contribution in [2.45, 2.75) is 39.0 Å². The van der Waals surface area contributed by atoms with E-state index in [1.807, 2.05) is 0 Å². The van der Waals surface area contributed by atoms with Crippen LogP contribution in [0.1, 0.15) is 24.5 Å². The number of morpholine rings is 1. The zero-order chi connectivity index (χ0) is 12.5. The second-order valence-corrected chi connectivity index (χ2v) is 6.89. The van der Waals surface area contributed by atoms with Gasteiger partial charge >= 0.3 is 0 Å². The summed E-state index contributed by atoms with van der Waals surface area (Å²) in [4.78, 5) is 6.96. The maximum Gasteiger partial charge on any atom is 0.0897 e. The molecule has 1 unspecified atom stereocenters. The molecule has 17 heavy (non-hydrogen) atoms. The minimum Gasteiger partial charge on any atom is -0.369 e. The number of nitrogens with zero attached hydrogens (tertiary/aromatic N) is 2. The van der Waals surface area contributed by atoms with Gasteiger partial charge in [-0.15, -0.1) is 11.3 Å². The van der Waals surface area contributed by atoms with Crippen molar-refractivity contribution < 1.29 is 4.74 Å². The molecule has 1 aromatic rings. The van der Waals surface area contributed by atoms with E-state index in [0.717, 1.165) is 30.0 Å². The fourth-order valence-corrected chi connectivity index (χ4v) is 3.27. The molecule has 1 aromatic heterocycles. The van der Waals surface area contributed by atoms with Gasteiger partial charge in [-0.3, -0.25) is 4.90 Å². The third-order valence-electron chi connectivity index (χ3n) is 2.78. The van der Waals surface area contributed by atoms with Crippen molar-refractivity contribution in [3.8, 4) is 0 Å². The van der Waals surface area contributed by atoms with Crippen molar-refractivity contribution in [1.29, 1.82) is 0 Å². The van der Waals surface area contributed by atoms with E-state index in [9.17, 15) is 0 Å². The van der Waals surface area contributed by atoms with Crippen molar-refractivity contribution in [1.82, 2.24) is 9.88 Å². The zero-order valence-electron chi connectivity index (χ0n) is 10.6. The Kier molecular flexibility index (Phi) is 4.23. The normalized spacial score (nSPS) is 25.1. The van der Waals surface area contributed by atoms with Crippen LogP contribution in [0, 0.1) is 6.92 Å². The lowest BCUT2D eigenvalue weighted by molar-refractivity contribution is -0.128. The number of aromatic nitrogens is 1. The molecule has 0 spiro atoms. The first-order chi connectivity index (χ1) is 7.98. The minimum absolute atomic E-state index is 0.0677. The fourth-order valence-electron chi connectivity index (χ4n) is 2.33. The number of rotatable bonds is 3. The van der Waals surface area contributed by atoms with Gasteiger partial charge in [-0.25, -0.2) is 4.98 Å². The maximum atomic E-state index is 5.99. The second kappa shape index (κ2) is 5.34. The molecule has 0 aliphatic carbocycles. The summed E-state index contributed by atoms with van der Waals surface area (Å²) in [5.74, 6) is 0. The molecule has 0 radical (unpaired) electrons. The van der Waals surface area contributed by atoms with Crippen LogP contribution in [-0.4, -0.2) is 40.0 Å². The first-order valence-electron chi connectivity index (χ1n) is 5.86. The molecular weight excluding hydrogens is 300 g/mol. The van der Waals surface area contributed by atoms with Gasteiger partial charge in [0.1, 0.15) is 0 Å². The first kappa shape index (κ1) is 13.5. The summed E-state index contributed by atoms with van der Waals surface area (Å²) in [6.45, 7) is 9.24. The number of ether oxygens (including phenoxy) is 1.